The molecule has 2 fully saturated rings. The Hall–Kier alpha value is -2.73. The summed E-state index contributed by atoms with van der Waals surface area (Å²) in [5.74, 6) is 0.824. The average Bonchev–Trinajstić information content (AvgIpc) is 3.11. The van der Waals surface area contributed by atoms with Gasteiger partial charge in [0.05, 0.1) is 48.3 Å². The van der Waals surface area contributed by atoms with Crippen molar-refractivity contribution in [2.45, 2.75) is 44.7 Å². The molecule has 4 heterocycles. The normalized spacial score (nSPS) is 17.9. The van der Waals surface area contributed by atoms with E-state index in [1.54, 1.807) is 17.1 Å². The highest BCUT2D eigenvalue weighted by Crippen LogP contribution is 2.34. The third-order valence-corrected chi connectivity index (χ3v) is 6.83. The van der Waals surface area contributed by atoms with Crippen molar-refractivity contribution < 1.29 is 4.74 Å². The van der Waals surface area contributed by atoms with Gasteiger partial charge >= 0.3 is 0 Å². The van der Waals surface area contributed by atoms with E-state index < -0.39 is 0 Å². The Labute approximate surface area is 192 Å². The first kappa shape index (κ1) is 21.1. The van der Waals surface area contributed by atoms with Crippen LogP contribution < -0.4 is 5.32 Å². The van der Waals surface area contributed by atoms with Gasteiger partial charge < -0.3 is 10.1 Å². The molecule has 2 aliphatic rings. The summed E-state index contributed by atoms with van der Waals surface area (Å²) in [5.41, 5.74) is 3.31. The van der Waals surface area contributed by atoms with Crippen LogP contribution in [0.15, 0.2) is 24.5 Å². The number of aryl methyl sites for hydroxylation is 1. The third-order valence-electron chi connectivity index (χ3n) is 6.43. The zero-order valence-electron chi connectivity index (χ0n) is 18.1. The molecule has 32 heavy (non-hydrogen) atoms. The molecule has 8 nitrogen and oxygen atoms in total. The lowest BCUT2D eigenvalue weighted by molar-refractivity contribution is -0.0712. The minimum atomic E-state index is 0.361. The fourth-order valence-corrected chi connectivity index (χ4v) is 4.77. The van der Waals surface area contributed by atoms with Gasteiger partial charge in [-0.3, -0.25) is 9.58 Å². The van der Waals surface area contributed by atoms with Crippen molar-refractivity contribution in [2.75, 3.05) is 31.6 Å². The first-order valence-electron chi connectivity index (χ1n) is 11.2. The van der Waals surface area contributed by atoms with Crippen LogP contribution in [0.1, 0.15) is 43.2 Å². The van der Waals surface area contributed by atoms with Crippen molar-refractivity contribution in [3.8, 4) is 6.07 Å². The summed E-state index contributed by atoms with van der Waals surface area (Å²) in [6.45, 7) is 6.61. The van der Waals surface area contributed by atoms with Crippen LogP contribution in [0.3, 0.4) is 0 Å². The number of anilines is 2. The molecule has 0 spiro atoms. The Morgan fingerprint density at radius 3 is 2.75 bits per heavy atom. The number of piperidine rings is 1. The molecule has 0 radical (unpaired) electrons. The molecule has 2 aromatic heterocycles. The third kappa shape index (κ3) is 4.04. The maximum atomic E-state index is 9.77. The number of hydrogen-bond donors (Lipinski definition) is 1. The Balaban J connectivity index is 1.39. The second-order valence-corrected chi connectivity index (χ2v) is 8.86. The fraction of sp³-hybridized carbons (Fsp3) is 0.478. The fourth-order valence-electron chi connectivity index (χ4n) is 4.54. The quantitative estimate of drug-likeness (QED) is 0.603. The van der Waals surface area contributed by atoms with Gasteiger partial charge in [-0.15, -0.1) is 0 Å². The van der Waals surface area contributed by atoms with E-state index in [4.69, 9.17) is 21.3 Å². The Kier molecular flexibility index (Phi) is 5.96. The van der Waals surface area contributed by atoms with Crippen molar-refractivity contribution in [1.29, 1.82) is 5.26 Å². The van der Waals surface area contributed by atoms with Crippen molar-refractivity contribution in [2.24, 2.45) is 0 Å². The van der Waals surface area contributed by atoms with Crippen LogP contribution in [-0.4, -0.2) is 57.0 Å². The van der Waals surface area contributed by atoms with Crippen molar-refractivity contribution >= 4 is 34.1 Å². The van der Waals surface area contributed by atoms with E-state index in [0.29, 0.717) is 28.7 Å². The summed E-state index contributed by atoms with van der Waals surface area (Å²) in [4.78, 5) is 11.6. The maximum absolute atomic E-state index is 9.77. The van der Waals surface area contributed by atoms with Crippen LogP contribution in [0, 0.1) is 11.3 Å². The van der Waals surface area contributed by atoms with E-state index in [-0.39, 0.29) is 0 Å². The molecule has 3 aromatic rings. The van der Waals surface area contributed by atoms with Crippen LogP contribution in [0.25, 0.3) is 10.9 Å². The Morgan fingerprint density at radius 2 is 2.06 bits per heavy atom. The van der Waals surface area contributed by atoms with Gasteiger partial charge in [0.15, 0.2) is 5.15 Å². The smallest absolute Gasteiger partial charge is 0.227 e. The predicted octanol–water partition coefficient (Wildman–Crippen LogP) is 4.08. The summed E-state index contributed by atoms with van der Waals surface area (Å²) < 4.78 is 7.09. The van der Waals surface area contributed by atoms with E-state index in [1.165, 1.54) is 0 Å². The number of ether oxygens (including phenoxy) is 1. The number of nitriles is 1. The number of rotatable bonds is 6. The monoisotopic (exact) mass is 451 g/mol. The van der Waals surface area contributed by atoms with Gasteiger partial charge in [-0.2, -0.15) is 10.4 Å². The first-order valence-corrected chi connectivity index (χ1v) is 11.5. The highest BCUT2D eigenvalue weighted by atomic mass is 35.5. The molecule has 2 saturated heterocycles. The number of likely N-dealkylation sites (tertiary alicyclic amines) is 1. The molecule has 0 atom stereocenters. The van der Waals surface area contributed by atoms with Crippen LogP contribution in [0.4, 0.5) is 11.6 Å². The van der Waals surface area contributed by atoms with Gasteiger partial charge in [0.2, 0.25) is 5.95 Å². The molecule has 166 valence electrons. The molecule has 0 amide bonds. The van der Waals surface area contributed by atoms with Crippen LogP contribution >= 0.6 is 11.6 Å². The van der Waals surface area contributed by atoms with Gasteiger partial charge in [0.25, 0.3) is 0 Å². The molecule has 0 bridgehead atoms. The average molecular weight is 452 g/mol. The molecule has 9 heteroatoms. The maximum Gasteiger partial charge on any atom is 0.227 e. The van der Waals surface area contributed by atoms with Crippen molar-refractivity contribution in [3.05, 3.63) is 40.8 Å². The summed E-state index contributed by atoms with van der Waals surface area (Å²) in [5, 5.41) is 18.7. The molecule has 0 saturated carbocycles. The van der Waals surface area contributed by atoms with Gasteiger partial charge in [-0.1, -0.05) is 18.5 Å². The summed E-state index contributed by atoms with van der Waals surface area (Å²) in [6, 6.07) is 6.93. The Bertz CT molecular complexity index is 1160. The molecule has 1 N–H and O–H groups in total. The number of halogens is 1. The van der Waals surface area contributed by atoms with E-state index in [1.807, 2.05) is 6.07 Å². The highest BCUT2D eigenvalue weighted by Gasteiger charge is 2.31. The van der Waals surface area contributed by atoms with E-state index in [9.17, 15) is 5.26 Å². The lowest BCUT2D eigenvalue weighted by atomic mass is 9.85. The number of nitrogens with one attached hydrogen (secondary N) is 1. The van der Waals surface area contributed by atoms with Crippen LogP contribution in [0.5, 0.6) is 0 Å². The number of aromatic nitrogens is 4. The van der Waals surface area contributed by atoms with E-state index >= 15 is 0 Å². The standard InChI is InChI=1S/C23H26ClN7O/c1-2-5-31-22(24)21(12-27-31)29-23-26-11-17-8-16(10-25)19(9-20(17)28-23)15-3-6-30(7-4-15)18-13-32-14-18/h8-9,11-12,15,18H,2-7,13-14H2,1H3,(H,26,28,29). The topological polar surface area (TPSA) is 91.9 Å². The summed E-state index contributed by atoms with van der Waals surface area (Å²) in [6.07, 6.45) is 6.47. The summed E-state index contributed by atoms with van der Waals surface area (Å²) in [7, 11) is 0. The zero-order valence-corrected chi connectivity index (χ0v) is 18.8. The van der Waals surface area contributed by atoms with E-state index in [2.05, 4.69) is 39.4 Å². The minimum Gasteiger partial charge on any atom is -0.378 e. The van der Waals surface area contributed by atoms with Crippen molar-refractivity contribution in [1.82, 2.24) is 24.6 Å². The second kappa shape index (κ2) is 9.02. The molecule has 5 rings (SSSR count). The van der Waals surface area contributed by atoms with Gasteiger partial charge in [0, 0.05) is 18.1 Å². The number of hydrogen-bond acceptors (Lipinski definition) is 7. The Morgan fingerprint density at radius 1 is 1.25 bits per heavy atom. The molecular formula is C23H26ClN7O. The molecule has 0 aliphatic carbocycles. The van der Waals surface area contributed by atoms with Gasteiger partial charge in [0.1, 0.15) is 0 Å². The molecular weight excluding hydrogens is 426 g/mol. The number of nitrogens with zero attached hydrogens (tertiary/aromatic N) is 6. The highest BCUT2D eigenvalue weighted by molar-refractivity contribution is 6.32. The summed E-state index contributed by atoms with van der Waals surface area (Å²) >= 11 is 6.42. The number of benzene rings is 1. The number of fused-ring (bicyclic) bond motifs is 1. The first-order chi connectivity index (χ1) is 15.7. The van der Waals surface area contributed by atoms with E-state index in [0.717, 1.165) is 74.1 Å². The minimum absolute atomic E-state index is 0.361. The molecule has 1 aromatic carbocycles. The SMILES string of the molecule is CCCn1ncc(Nc2ncc3cc(C#N)c(C4CCN(C5COC5)CC4)cc3n2)c1Cl. The second-order valence-electron chi connectivity index (χ2n) is 8.50. The lowest BCUT2D eigenvalue weighted by Gasteiger charge is -2.41. The predicted molar refractivity (Wildman–Crippen MR) is 123 cm³/mol. The largest absolute Gasteiger partial charge is 0.378 e. The van der Waals surface area contributed by atoms with Gasteiger partial charge in [-0.05, 0) is 56.0 Å². The van der Waals surface area contributed by atoms with Crippen molar-refractivity contribution in [3.63, 3.8) is 0 Å². The lowest BCUT2D eigenvalue weighted by Crippen LogP contribution is -2.51. The zero-order chi connectivity index (χ0) is 22.1. The van der Waals surface area contributed by atoms with Gasteiger partial charge in [-0.25, -0.2) is 9.97 Å². The van der Waals surface area contributed by atoms with Crippen LogP contribution in [-0.2, 0) is 11.3 Å². The molecule has 0 unspecified atom stereocenters. The molecule has 2 aliphatic heterocycles. The van der Waals surface area contributed by atoms with Crippen LogP contribution in [0.2, 0.25) is 5.15 Å².